The van der Waals surface area contributed by atoms with Crippen LogP contribution in [0.25, 0.3) is 11.5 Å². The lowest BCUT2D eigenvalue weighted by Crippen LogP contribution is -2.11. The van der Waals surface area contributed by atoms with E-state index in [1.165, 1.54) is 12.1 Å². The zero-order valence-corrected chi connectivity index (χ0v) is 14.5. The van der Waals surface area contributed by atoms with E-state index < -0.39 is 4.92 Å². The maximum absolute atomic E-state index is 11.0. The second-order valence-electron chi connectivity index (χ2n) is 6.36. The Bertz CT molecular complexity index is 1160. The SMILES string of the molecule is O=[N+]([O-])c1cccc(-c2nnc(C3c4ccccc4Oc4ccccc43)o2)c1. The Labute approximate surface area is 159 Å². The number of fused-ring (bicyclic) bond motifs is 2. The van der Waals surface area contributed by atoms with Crippen LogP contribution in [0.2, 0.25) is 0 Å². The molecule has 0 unspecified atom stereocenters. The van der Waals surface area contributed by atoms with Gasteiger partial charge in [-0.05, 0) is 18.2 Å². The lowest BCUT2D eigenvalue weighted by Gasteiger charge is -2.25. The van der Waals surface area contributed by atoms with Crippen molar-refractivity contribution in [1.82, 2.24) is 10.2 Å². The van der Waals surface area contributed by atoms with E-state index in [2.05, 4.69) is 10.2 Å². The molecule has 0 atom stereocenters. The van der Waals surface area contributed by atoms with Gasteiger partial charge in [-0.15, -0.1) is 10.2 Å². The van der Waals surface area contributed by atoms with Gasteiger partial charge >= 0.3 is 0 Å². The van der Waals surface area contributed by atoms with E-state index in [1.807, 2.05) is 48.5 Å². The normalized spacial score (nSPS) is 12.7. The molecule has 0 radical (unpaired) electrons. The van der Waals surface area contributed by atoms with E-state index in [4.69, 9.17) is 9.15 Å². The van der Waals surface area contributed by atoms with Gasteiger partial charge in [0.25, 0.3) is 5.69 Å². The summed E-state index contributed by atoms with van der Waals surface area (Å²) in [6.07, 6.45) is 0. The van der Waals surface area contributed by atoms with Gasteiger partial charge in [0.05, 0.1) is 10.8 Å². The number of nitro groups is 1. The summed E-state index contributed by atoms with van der Waals surface area (Å²) in [5.74, 6) is 1.84. The number of hydrogen-bond acceptors (Lipinski definition) is 6. The van der Waals surface area contributed by atoms with Crippen LogP contribution in [0.1, 0.15) is 22.9 Å². The predicted molar refractivity (Wildman–Crippen MR) is 100 cm³/mol. The summed E-state index contributed by atoms with van der Waals surface area (Å²) in [5, 5.41) is 19.4. The molecule has 1 aliphatic heterocycles. The fraction of sp³-hybridized carbons (Fsp3) is 0.0476. The van der Waals surface area contributed by atoms with E-state index in [1.54, 1.807) is 12.1 Å². The fourth-order valence-electron chi connectivity index (χ4n) is 3.40. The molecule has 3 aromatic carbocycles. The van der Waals surface area contributed by atoms with Crippen molar-refractivity contribution in [2.45, 2.75) is 5.92 Å². The summed E-state index contributed by atoms with van der Waals surface area (Å²) < 4.78 is 12.0. The van der Waals surface area contributed by atoms with E-state index in [0.29, 0.717) is 11.5 Å². The van der Waals surface area contributed by atoms with E-state index >= 15 is 0 Å². The van der Waals surface area contributed by atoms with Crippen LogP contribution in [0.5, 0.6) is 11.5 Å². The first-order valence-electron chi connectivity index (χ1n) is 8.64. The lowest BCUT2D eigenvalue weighted by molar-refractivity contribution is -0.384. The van der Waals surface area contributed by atoms with Crippen molar-refractivity contribution in [3.05, 3.63) is 99.9 Å². The number of aromatic nitrogens is 2. The first-order chi connectivity index (χ1) is 13.7. The molecule has 28 heavy (non-hydrogen) atoms. The monoisotopic (exact) mass is 371 g/mol. The molecule has 0 spiro atoms. The first kappa shape index (κ1) is 16.2. The van der Waals surface area contributed by atoms with E-state index in [9.17, 15) is 10.1 Å². The minimum Gasteiger partial charge on any atom is -0.457 e. The molecule has 0 saturated heterocycles. The van der Waals surface area contributed by atoms with Gasteiger partial charge in [0.15, 0.2) is 0 Å². The fourth-order valence-corrected chi connectivity index (χ4v) is 3.40. The number of non-ortho nitro benzene ring substituents is 1. The third-order valence-corrected chi connectivity index (χ3v) is 4.67. The molecule has 4 aromatic rings. The number of hydrogen-bond donors (Lipinski definition) is 0. The van der Waals surface area contributed by atoms with Gasteiger partial charge in [-0.3, -0.25) is 10.1 Å². The molecule has 1 aromatic heterocycles. The standard InChI is InChI=1S/C21H13N3O4/c25-24(26)14-7-5-6-13(12-14)20-22-23-21(28-20)19-15-8-1-3-10-17(15)27-18-11-4-2-9-16(18)19/h1-12,19H. The highest BCUT2D eigenvalue weighted by molar-refractivity contribution is 5.59. The third kappa shape index (κ3) is 2.61. The Morgan fingerprint density at radius 2 is 1.54 bits per heavy atom. The maximum atomic E-state index is 11.0. The molecule has 7 heteroatoms. The van der Waals surface area contributed by atoms with Crippen molar-refractivity contribution in [1.29, 1.82) is 0 Å². The molecule has 1 aliphatic rings. The number of rotatable bonds is 3. The zero-order chi connectivity index (χ0) is 19.1. The molecule has 7 nitrogen and oxygen atoms in total. The molecule has 0 fully saturated rings. The highest BCUT2D eigenvalue weighted by Gasteiger charge is 2.32. The summed E-state index contributed by atoms with van der Waals surface area (Å²) in [5.41, 5.74) is 2.33. The summed E-state index contributed by atoms with van der Waals surface area (Å²) in [4.78, 5) is 10.6. The van der Waals surface area contributed by atoms with Crippen LogP contribution >= 0.6 is 0 Å². The van der Waals surface area contributed by atoms with Gasteiger partial charge in [-0.25, -0.2) is 0 Å². The van der Waals surface area contributed by atoms with Crippen LogP contribution in [0.4, 0.5) is 5.69 Å². The summed E-state index contributed by atoms with van der Waals surface area (Å²) in [6.45, 7) is 0. The Hall–Kier alpha value is -4.00. The van der Waals surface area contributed by atoms with Crippen LogP contribution in [0.3, 0.4) is 0 Å². The molecule has 0 bridgehead atoms. The van der Waals surface area contributed by atoms with Crippen molar-refractivity contribution in [3.8, 4) is 23.0 Å². The Kier molecular flexibility index (Phi) is 3.65. The third-order valence-electron chi connectivity index (χ3n) is 4.67. The molecule has 0 aliphatic carbocycles. The average Bonchev–Trinajstić information content (AvgIpc) is 3.22. The lowest BCUT2D eigenvalue weighted by atomic mass is 9.88. The van der Waals surface area contributed by atoms with Crippen molar-refractivity contribution in [2.24, 2.45) is 0 Å². The summed E-state index contributed by atoms with van der Waals surface area (Å²) in [7, 11) is 0. The second kappa shape index (κ2) is 6.31. The van der Waals surface area contributed by atoms with Gasteiger partial charge in [0.2, 0.25) is 11.8 Å². The zero-order valence-electron chi connectivity index (χ0n) is 14.5. The number of nitro benzene ring substituents is 1. The number of para-hydroxylation sites is 2. The molecule has 5 rings (SSSR count). The number of nitrogens with zero attached hydrogens (tertiary/aromatic N) is 3. The quantitative estimate of drug-likeness (QED) is 0.330. The van der Waals surface area contributed by atoms with Crippen molar-refractivity contribution in [2.75, 3.05) is 0 Å². The number of benzene rings is 3. The van der Waals surface area contributed by atoms with Crippen LogP contribution in [-0.4, -0.2) is 15.1 Å². The minimum absolute atomic E-state index is 0.0287. The van der Waals surface area contributed by atoms with Gasteiger partial charge < -0.3 is 9.15 Å². The molecular weight excluding hydrogens is 358 g/mol. The molecular formula is C21H13N3O4. The van der Waals surface area contributed by atoms with Gasteiger partial charge in [0.1, 0.15) is 11.5 Å². The highest BCUT2D eigenvalue weighted by atomic mass is 16.6. The number of ether oxygens (including phenoxy) is 1. The van der Waals surface area contributed by atoms with E-state index in [-0.39, 0.29) is 17.5 Å². The van der Waals surface area contributed by atoms with Crippen LogP contribution in [-0.2, 0) is 0 Å². The first-order valence-corrected chi connectivity index (χ1v) is 8.64. The van der Waals surface area contributed by atoms with Gasteiger partial charge in [0, 0.05) is 28.8 Å². The highest BCUT2D eigenvalue weighted by Crippen LogP contribution is 2.46. The van der Waals surface area contributed by atoms with Crippen molar-refractivity contribution in [3.63, 3.8) is 0 Å². The molecule has 0 saturated carbocycles. The maximum Gasteiger partial charge on any atom is 0.270 e. The Morgan fingerprint density at radius 3 is 2.21 bits per heavy atom. The summed E-state index contributed by atoms with van der Waals surface area (Å²) >= 11 is 0. The second-order valence-corrected chi connectivity index (χ2v) is 6.36. The smallest absolute Gasteiger partial charge is 0.270 e. The Morgan fingerprint density at radius 1 is 0.857 bits per heavy atom. The van der Waals surface area contributed by atoms with Crippen LogP contribution in [0, 0.1) is 10.1 Å². The van der Waals surface area contributed by atoms with Crippen LogP contribution in [0.15, 0.2) is 77.2 Å². The van der Waals surface area contributed by atoms with Gasteiger partial charge in [-0.2, -0.15) is 0 Å². The Balaban J connectivity index is 1.62. The van der Waals surface area contributed by atoms with Crippen LogP contribution < -0.4 is 4.74 Å². The van der Waals surface area contributed by atoms with Gasteiger partial charge in [-0.1, -0.05) is 42.5 Å². The average molecular weight is 371 g/mol. The van der Waals surface area contributed by atoms with E-state index in [0.717, 1.165) is 22.6 Å². The molecule has 0 N–H and O–H groups in total. The molecule has 0 amide bonds. The van der Waals surface area contributed by atoms with Crippen molar-refractivity contribution < 1.29 is 14.1 Å². The minimum atomic E-state index is -0.453. The predicted octanol–water partition coefficient (Wildman–Crippen LogP) is 4.93. The molecule has 2 heterocycles. The topological polar surface area (TPSA) is 91.3 Å². The molecule has 136 valence electrons. The largest absolute Gasteiger partial charge is 0.457 e. The van der Waals surface area contributed by atoms with Crippen molar-refractivity contribution >= 4 is 5.69 Å². The summed E-state index contributed by atoms with van der Waals surface area (Å²) in [6, 6.07) is 21.5.